The summed E-state index contributed by atoms with van der Waals surface area (Å²) in [6.07, 6.45) is 4.06. The highest BCUT2D eigenvalue weighted by atomic mass is 16.2. The van der Waals surface area contributed by atoms with E-state index in [0.29, 0.717) is 13.0 Å². The van der Waals surface area contributed by atoms with E-state index in [1.165, 1.54) is 6.42 Å². The molecule has 1 N–H and O–H groups in total. The molecule has 27 heavy (non-hydrogen) atoms. The summed E-state index contributed by atoms with van der Waals surface area (Å²) in [6.45, 7) is 4.28. The van der Waals surface area contributed by atoms with Crippen molar-refractivity contribution >= 4 is 23.3 Å². The number of hydrogen-bond acceptors (Lipinski definition) is 2. The maximum atomic E-state index is 13.0. The van der Waals surface area contributed by atoms with E-state index < -0.39 is 0 Å². The average Bonchev–Trinajstić information content (AvgIpc) is 3.14. The number of rotatable bonds is 2. The second kappa shape index (κ2) is 7.43. The minimum absolute atomic E-state index is 0.104. The molecule has 2 aliphatic heterocycles. The number of carbonyl (C=O) groups excluding carboxylic acids is 2. The van der Waals surface area contributed by atoms with E-state index in [4.69, 9.17) is 0 Å². The predicted molar refractivity (Wildman–Crippen MR) is 107 cm³/mol. The van der Waals surface area contributed by atoms with Gasteiger partial charge in [0.05, 0.1) is 0 Å². The third-order valence-electron chi connectivity index (χ3n) is 5.45. The molecule has 0 aliphatic carbocycles. The summed E-state index contributed by atoms with van der Waals surface area (Å²) in [5.74, 6) is 0.104. The number of urea groups is 1. The van der Waals surface area contributed by atoms with Crippen molar-refractivity contribution in [1.82, 2.24) is 4.90 Å². The standard InChI is InChI=1S/C22H25N3O2/c1-16-8-10-17(11-9-16)23-22(27)25-15-12-18-19(6-5-7-20(18)25)21(26)24-13-3-2-4-14-24/h5-11H,2-4,12-15H2,1H3,(H,23,27). The number of amides is 3. The zero-order chi connectivity index (χ0) is 18.8. The molecule has 140 valence electrons. The Morgan fingerprint density at radius 3 is 2.41 bits per heavy atom. The van der Waals surface area contributed by atoms with Crippen LogP contribution in [-0.4, -0.2) is 36.5 Å². The third-order valence-corrected chi connectivity index (χ3v) is 5.45. The molecular weight excluding hydrogens is 338 g/mol. The van der Waals surface area contributed by atoms with Gasteiger partial charge in [0.1, 0.15) is 0 Å². The van der Waals surface area contributed by atoms with Gasteiger partial charge in [0.2, 0.25) is 0 Å². The Morgan fingerprint density at radius 2 is 1.67 bits per heavy atom. The molecule has 4 rings (SSSR count). The molecule has 2 aromatic carbocycles. The lowest BCUT2D eigenvalue weighted by Crippen LogP contribution is -2.36. The average molecular weight is 363 g/mol. The van der Waals surface area contributed by atoms with Crippen LogP contribution in [-0.2, 0) is 6.42 Å². The van der Waals surface area contributed by atoms with Gasteiger partial charge in [-0.25, -0.2) is 4.79 Å². The summed E-state index contributed by atoms with van der Waals surface area (Å²) in [7, 11) is 0. The van der Waals surface area contributed by atoms with Gasteiger partial charge < -0.3 is 10.2 Å². The third kappa shape index (κ3) is 3.54. The van der Waals surface area contributed by atoms with Crippen LogP contribution in [0.3, 0.4) is 0 Å². The van der Waals surface area contributed by atoms with Gasteiger partial charge in [0.25, 0.3) is 5.91 Å². The van der Waals surface area contributed by atoms with Crippen LogP contribution in [0.25, 0.3) is 0 Å². The predicted octanol–water partition coefficient (Wildman–Crippen LogP) is 4.22. The van der Waals surface area contributed by atoms with Gasteiger partial charge in [-0.2, -0.15) is 0 Å². The molecule has 0 spiro atoms. The number of nitrogens with zero attached hydrogens (tertiary/aromatic N) is 2. The van der Waals surface area contributed by atoms with Crippen molar-refractivity contribution < 1.29 is 9.59 Å². The number of hydrogen-bond donors (Lipinski definition) is 1. The lowest BCUT2D eigenvalue weighted by molar-refractivity contribution is 0.0723. The number of carbonyl (C=O) groups is 2. The van der Waals surface area contributed by atoms with Crippen molar-refractivity contribution in [3.8, 4) is 0 Å². The summed E-state index contributed by atoms with van der Waals surface area (Å²) >= 11 is 0. The first-order valence-corrected chi connectivity index (χ1v) is 9.70. The topological polar surface area (TPSA) is 52.7 Å². The van der Waals surface area contributed by atoms with Crippen LogP contribution in [0.2, 0.25) is 0 Å². The lowest BCUT2D eigenvalue weighted by Gasteiger charge is -2.27. The molecule has 1 saturated heterocycles. The van der Waals surface area contributed by atoms with Crippen LogP contribution < -0.4 is 10.2 Å². The van der Waals surface area contributed by atoms with E-state index in [-0.39, 0.29) is 11.9 Å². The van der Waals surface area contributed by atoms with E-state index in [1.54, 1.807) is 4.90 Å². The maximum Gasteiger partial charge on any atom is 0.326 e. The summed E-state index contributed by atoms with van der Waals surface area (Å²) in [5.41, 5.74) is 4.52. The molecule has 2 aliphatic rings. The SMILES string of the molecule is Cc1ccc(NC(=O)N2CCc3c(C(=O)N4CCCCC4)cccc32)cc1. The molecule has 0 atom stereocenters. The first-order chi connectivity index (χ1) is 13.1. The number of likely N-dealkylation sites (tertiary alicyclic amines) is 1. The monoisotopic (exact) mass is 363 g/mol. The van der Waals surface area contributed by atoms with Crippen molar-refractivity contribution in [3.63, 3.8) is 0 Å². The summed E-state index contributed by atoms with van der Waals surface area (Å²) < 4.78 is 0. The highest BCUT2D eigenvalue weighted by Crippen LogP contribution is 2.32. The summed E-state index contributed by atoms with van der Waals surface area (Å²) in [5, 5.41) is 2.96. The first-order valence-electron chi connectivity index (χ1n) is 9.70. The second-order valence-electron chi connectivity index (χ2n) is 7.35. The normalized spacial score (nSPS) is 16.2. The summed E-state index contributed by atoms with van der Waals surface area (Å²) in [4.78, 5) is 29.4. The lowest BCUT2D eigenvalue weighted by atomic mass is 10.0. The van der Waals surface area contributed by atoms with Crippen LogP contribution in [0.1, 0.15) is 40.7 Å². The molecule has 1 fully saturated rings. The first kappa shape index (κ1) is 17.6. The van der Waals surface area contributed by atoms with Gasteiger partial charge in [-0.3, -0.25) is 9.69 Å². The fourth-order valence-electron chi connectivity index (χ4n) is 3.94. The van der Waals surface area contributed by atoms with Crippen molar-refractivity contribution in [2.45, 2.75) is 32.6 Å². The smallest absolute Gasteiger partial charge is 0.326 e. The fourth-order valence-corrected chi connectivity index (χ4v) is 3.94. The van der Waals surface area contributed by atoms with E-state index in [1.807, 2.05) is 54.3 Å². The van der Waals surface area contributed by atoms with Crippen LogP contribution in [0, 0.1) is 6.92 Å². The van der Waals surface area contributed by atoms with Crippen molar-refractivity contribution in [3.05, 3.63) is 59.2 Å². The van der Waals surface area contributed by atoms with Crippen molar-refractivity contribution in [1.29, 1.82) is 0 Å². The van der Waals surface area contributed by atoms with E-state index >= 15 is 0 Å². The number of fused-ring (bicyclic) bond motifs is 1. The molecular formula is C22H25N3O2. The minimum atomic E-state index is -0.153. The van der Waals surface area contributed by atoms with Crippen LogP contribution >= 0.6 is 0 Å². The molecule has 0 unspecified atom stereocenters. The Labute approximate surface area is 160 Å². The van der Waals surface area contributed by atoms with Crippen molar-refractivity contribution in [2.24, 2.45) is 0 Å². The highest BCUT2D eigenvalue weighted by molar-refractivity contribution is 6.05. The molecule has 0 radical (unpaired) electrons. The maximum absolute atomic E-state index is 13.0. The van der Waals surface area contributed by atoms with Gasteiger partial charge in [-0.1, -0.05) is 23.8 Å². The van der Waals surface area contributed by atoms with Crippen LogP contribution in [0.15, 0.2) is 42.5 Å². The molecule has 0 bridgehead atoms. The fraction of sp³-hybridized carbons (Fsp3) is 0.364. The number of anilines is 2. The molecule has 0 aromatic heterocycles. The Morgan fingerprint density at radius 1 is 0.926 bits per heavy atom. The zero-order valence-corrected chi connectivity index (χ0v) is 15.7. The Bertz CT molecular complexity index is 854. The van der Waals surface area contributed by atoms with Gasteiger partial charge in [0, 0.05) is 36.6 Å². The van der Waals surface area contributed by atoms with E-state index in [9.17, 15) is 9.59 Å². The Hall–Kier alpha value is -2.82. The highest BCUT2D eigenvalue weighted by Gasteiger charge is 2.30. The van der Waals surface area contributed by atoms with Gasteiger partial charge in [-0.05, 0) is 62.4 Å². The molecule has 3 amide bonds. The molecule has 0 saturated carbocycles. The molecule has 2 aromatic rings. The van der Waals surface area contributed by atoms with Crippen LogP contribution in [0.4, 0.5) is 16.2 Å². The van der Waals surface area contributed by atoms with Gasteiger partial charge in [-0.15, -0.1) is 0 Å². The zero-order valence-electron chi connectivity index (χ0n) is 15.7. The van der Waals surface area contributed by atoms with Gasteiger partial charge >= 0.3 is 6.03 Å². The second-order valence-corrected chi connectivity index (χ2v) is 7.35. The van der Waals surface area contributed by atoms with E-state index in [0.717, 1.165) is 54.0 Å². The largest absolute Gasteiger partial charge is 0.339 e. The number of benzene rings is 2. The number of piperidine rings is 1. The van der Waals surface area contributed by atoms with Gasteiger partial charge in [0.15, 0.2) is 0 Å². The number of aryl methyl sites for hydroxylation is 1. The van der Waals surface area contributed by atoms with Crippen molar-refractivity contribution in [2.75, 3.05) is 29.9 Å². The molecule has 5 heteroatoms. The Balaban J connectivity index is 1.54. The minimum Gasteiger partial charge on any atom is -0.339 e. The summed E-state index contributed by atoms with van der Waals surface area (Å²) in [6, 6.07) is 13.3. The van der Waals surface area contributed by atoms with Crippen LogP contribution in [0.5, 0.6) is 0 Å². The molecule has 2 heterocycles. The molecule has 5 nitrogen and oxygen atoms in total. The quantitative estimate of drug-likeness (QED) is 0.869. The van der Waals surface area contributed by atoms with E-state index in [2.05, 4.69) is 5.32 Å². The number of nitrogens with one attached hydrogen (secondary N) is 1. The Kier molecular flexibility index (Phi) is 4.84.